The predicted octanol–water partition coefficient (Wildman–Crippen LogP) is 3.48. The van der Waals surface area contributed by atoms with Crippen LogP contribution in [0.15, 0.2) is 0 Å². The lowest BCUT2D eigenvalue weighted by Crippen LogP contribution is -2.55. The second kappa shape index (κ2) is 4.61. The van der Waals surface area contributed by atoms with E-state index in [0.717, 1.165) is 0 Å². The summed E-state index contributed by atoms with van der Waals surface area (Å²) in [6.45, 7) is -3.97. The van der Waals surface area contributed by atoms with Gasteiger partial charge in [-0.05, 0) is 0 Å². The van der Waals surface area contributed by atoms with Crippen molar-refractivity contribution in [2.45, 2.75) is 0 Å². The first-order valence-electron chi connectivity index (χ1n) is 6.27. The van der Waals surface area contributed by atoms with Gasteiger partial charge in [-0.3, -0.25) is 0 Å². The highest BCUT2D eigenvalue weighted by Gasteiger charge is 2.56. The van der Waals surface area contributed by atoms with Crippen LogP contribution in [-0.2, 0) is 0 Å². The average molecular weight is 371 g/mol. The molecule has 13 heteroatoms. The van der Waals surface area contributed by atoms with Crippen molar-refractivity contribution in [3.8, 4) is 23.0 Å². The Morgan fingerprint density at radius 2 is 0.560 bits per heavy atom. The van der Waals surface area contributed by atoms with Gasteiger partial charge in [0.1, 0.15) is 0 Å². The van der Waals surface area contributed by atoms with E-state index >= 15 is 0 Å². The number of benzene rings is 2. The molecule has 4 rings (SSSR count). The van der Waals surface area contributed by atoms with Gasteiger partial charge in [-0.25, -0.2) is 17.6 Å². The Morgan fingerprint density at radius 1 is 0.360 bits per heavy atom. The molecular weight excluding hydrogens is 371 g/mol. The number of fused-ring (bicyclic) bond motifs is 2. The summed E-state index contributed by atoms with van der Waals surface area (Å²) < 4.78 is 126. The van der Waals surface area contributed by atoms with E-state index in [2.05, 4.69) is 18.6 Å². The molecule has 2 heterocycles. The van der Waals surface area contributed by atoms with Crippen molar-refractivity contribution in [3.63, 3.8) is 0 Å². The first kappa shape index (κ1) is 15.7. The van der Waals surface area contributed by atoms with E-state index < -0.39 is 76.5 Å². The van der Waals surface area contributed by atoms with Gasteiger partial charge in [-0.2, -0.15) is 17.6 Å². The van der Waals surface area contributed by atoms with Crippen LogP contribution in [0, 0.1) is 46.5 Å². The Bertz CT molecular complexity index is 811. The molecule has 1 spiro atoms. The number of hydrogen-bond donors (Lipinski definition) is 0. The molecule has 0 fully saturated rings. The molecule has 0 unspecified atom stereocenters. The number of halogens is 8. The van der Waals surface area contributed by atoms with Crippen LogP contribution in [0.25, 0.3) is 0 Å². The van der Waals surface area contributed by atoms with E-state index in [4.69, 9.17) is 0 Å². The highest BCUT2D eigenvalue weighted by atomic mass is 19.2. The van der Waals surface area contributed by atoms with E-state index in [9.17, 15) is 35.1 Å². The summed E-state index contributed by atoms with van der Waals surface area (Å²) in [6.07, 6.45) is 0. The maximum Gasteiger partial charge on any atom is 0.777 e. The number of hydrogen-bond acceptors (Lipinski definition) is 4. The van der Waals surface area contributed by atoms with Gasteiger partial charge in [0.25, 0.3) is 0 Å². The summed E-state index contributed by atoms with van der Waals surface area (Å²) in [4.78, 5) is 0. The molecule has 0 N–H and O–H groups in total. The van der Waals surface area contributed by atoms with E-state index in [1.165, 1.54) is 0 Å². The van der Waals surface area contributed by atoms with Crippen LogP contribution in [0.1, 0.15) is 0 Å². The monoisotopic (exact) mass is 371 g/mol. The molecule has 0 aliphatic carbocycles. The normalized spacial score (nSPS) is 16.0. The quantitative estimate of drug-likeness (QED) is 0.308. The molecule has 0 saturated heterocycles. The van der Waals surface area contributed by atoms with Crippen LogP contribution >= 0.6 is 0 Å². The Balaban J connectivity index is 1.83. The molecule has 0 saturated carbocycles. The van der Waals surface area contributed by atoms with Gasteiger partial charge < -0.3 is 18.6 Å². The Hall–Kier alpha value is -2.86. The van der Waals surface area contributed by atoms with Crippen molar-refractivity contribution in [2.24, 2.45) is 0 Å². The lowest BCUT2D eigenvalue weighted by molar-refractivity contribution is 0.215. The summed E-state index contributed by atoms with van der Waals surface area (Å²) in [7, 11) is 0. The zero-order valence-electron chi connectivity index (χ0n) is 11.2. The highest BCUT2D eigenvalue weighted by Crippen LogP contribution is 2.50. The van der Waals surface area contributed by atoms with Crippen LogP contribution in [0.4, 0.5) is 35.1 Å². The van der Waals surface area contributed by atoms with Crippen molar-refractivity contribution < 1.29 is 53.7 Å². The standard InChI is InChI=1S/C12BF8O4/c14-1-2(15)6(19)10-9(5(1)18)22-13(23-10)24-11-7(20)3(16)4(17)8(21)12(11)25-13/q-1. The molecule has 4 nitrogen and oxygen atoms in total. The zero-order valence-corrected chi connectivity index (χ0v) is 11.2. The van der Waals surface area contributed by atoms with Crippen molar-refractivity contribution in [2.75, 3.05) is 0 Å². The third kappa shape index (κ3) is 1.83. The van der Waals surface area contributed by atoms with Crippen LogP contribution in [0.2, 0.25) is 0 Å². The molecule has 132 valence electrons. The molecule has 0 amide bonds. The van der Waals surface area contributed by atoms with Gasteiger partial charge in [0.05, 0.1) is 0 Å². The van der Waals surface area contributed by atoms with Gasteiger partial charge in [0, 0.05) is 0 Å². The summed E-state index contributed by atoms with van der Waals surface area (Å²) in [5.74, 6) is -22.7. The molecule has 2 aliphatic heterocycles. The summed E-state index contributed by atoms with van der Waals surface area (Å²) >= 11 is 0. The molecule has 2 aromatic carbocycles. The van der Waals surface area contributed by atoms with Crippen molar-refractivity contribution in [3.05, 3.63) is 46.5 Å². The van der Waals surface area contributed by atoms with Crippen LogP contribution < -0.4 is 18.6 Å². The first-order chi connectivity index (χ1) is 11.7. The minimum atomic E-state index is -3.97. The minimum Gasteiger partial charge on any atom is -0.606 e. The maximum absolute atomic E-state index is 13.6. The second-order valence-corrected chi connectivity index (χ2v) is 4.88. The third-order valence-corrected chi connectivity index (χ3v) is 3.41. The fourth-order valence-electron chi connectivity index (χ4n) is 2.33. The molecule has 0 atom stereocenters. The van der Waals surface area contributed by atoms with E-state index in [1.54, 1.807) is 0 Å². The van der Waals surface area contributed by atoms with Crippen LogP contribution in [0.5, 0.6) is 23.0 Å². The molecule has 2 aromatic rings. The second-order valence-electron chi connectivity index (χ2n) is 4.88. The zero-order chi connectivity index (χ0) is 18.3. The van der Waals surface area contributed by atoms with E-state index in [0.29, 0.717) is 0 Å². The topological polar surface area (TPSA) is 36.9 Å². The number of rotatable bonds is 0. The molecule has 0 aromatic heterocycles. The average Bonchev–Trinajstić information content (AvgIpc) is 3.16. The third-order valence-electron chi connectivity index (χ3n) is 3.41. The smallest absolute Gasteiger partial charge is 0.606 e. The summed E-state index contributed by atoms with van der Waals surface area (Å²) in [5, 5.41) is 0. The van der Waals surface area contributed by atoms with Gasteiger partial charge in [0.2, 0.25) is 46.5 Å². The summed E-state index contributed by atoms with van der Waals surface area (Å²) in [6, 6.07) is 0. The maximum atomic E-state index is 13.6. The van der Waals surface area contributed by atoms with Gasteiger partial charge in [-0.1, -0.05) is 0 Å². The van der Waals surface area contributed by atoms with Crippen LogP contribution in [0.3, 0.4) is 0 Å². The molecule has 25 heavy (non-hydrogen) atoms. The Morgan fingerprint density at radius 3 is 0.760 bits per heavy atom. The Kier molecular flexibility index (Phi) is 2.89. The molecule has 0 radical (unpaired) electrons. The molecular formula is C12BF8O4-. The largest absolute Gasteiger partial charge is 0.777 e. The van der Waals surface area contributed by atoms with Crippen LogP contribution in [-0.4, -0.2) is 6.96 Å². The van der Waals surface area contributed by atoms with Gasteiger partial charge in [-0.15, -0.1) is 0 Å². The van der Waals surface area contributed by atoms with E-state index in [-0.39, 0.29) is 0 Å². The van der Waals surface area contributed by atoms with Gasteiger partial charge >= 0.3 is 6.96 Å². The highest BCUT2D eigenvalue weighted by molar-refractivity contribution is 6.59. The Labute approximate surface area is 131 Å². The van der Waals surface area contributed by atoms with Crippen molar-refractivity contribution >= 4 is 6.96 Å². The van der Waals surface area contributed by atoms with E-state index in [1.807, 2.05) is 0 Å². The minimum absolute atomic E-state index is 1.36. The fraction of sp³-hybridized carbons (Fsp3) is 0. The van der Waals surface area contributed by atoms with Crippen molar-refractivity contribution in [1.29, 1.82) is 0 Å². The van der Waals surface area contributed by atoms with Gasteiger partial charge in [0.15, 0.2) is 23.0 Å². The summed E-state index contributed by atoms with van der Waals surface area (Å²) in [5.41, 5.74) is 0. The molecule has 0 bridgehead atoms. The lowest BCUT2D eigenvalue weighted by Gasteiger charge is -2.27. The first-order valence-corrected chi connectivity index (χ1v) is 6.27. The fourth-order valence-corrected chi connectivity index (χ4v) is 2.33. The van der Waals surface area contributed by atoms with Crippen molar-refractivity contribution in [1.82, 2.24) is 0 Å². The SMILES string of the molecule is Fc1c(F)c(F)c2c(c1F)O[B-]1(O2)Oc2c(F)c(F)c(F)c(F)c2O1. The lowest BCUT2D eigenvalue weighted by atomic mass is 10.1. The molecule has 2 aliphatic rings. The predicted molar refractivity (Wildman–Crippen MR) is 60.8 cm³/mol.